The first kappa shape index (κ1) is 11.1. The van der Waals surface area contributed by atoms with E-state index in [4.69, 9.17) is 5.73 Å². The second-order valence-electron chi connectivity index (χ2n) is 4.90. The molecular weight excluding hydrogens is 228 g/mol. The van der Waals surface area contributed by atoms with Crippen LogP contribution in [-0.2, 0) is 4.79 Å². The minimum atomic E-state index is -0.207. The molecule has 5 heteroatoms. The minimum Gasteiger partial charge on any atom is -0.369 e. The number of anilines is 1. The normalized spacial score (nSPS) is 20.0. The standard InChI is InChI=1S/C13H16N4O/c1-8-3-4-9-11(7-8)17(13(14)15-9)10-5-6-16(2)12(10)18/h3-4,7,10H,5-6H2,1-2H3,(H2,14,15). The summed E-state index contributed by atoms with van der Waals surface area (Å²) in [6, 6.07) is 5.77. The van der Waals surface area contributed by atoms with Gasteiger partial charge in [-0.05, 0) is 31.0 Å². The molecule has 1 aromatic carbocycles. The van der Waals surface area contributed by atoms with Gasteiger partial charge in [0.1, 0.15) is 6.04 Å². The van der Waals surface area contributed by atoms with Crippen molar-refractivity contribution in [2.75, 3.05) is 19.3 Å². The molecule has 1 aromatic heterocycles. The lowest BCUT2D eigenvalue weighted by molar-refractivity contribution is -0.129. The highest BCUT2D eigenvalue weighted by atomic mass is 16.2. The van der Waals surface area contributed by atoms with E-state index in [1.54, 1.807) is 4.90 Å². The molecule has 2 N–H and O–H groups in total. The smallest absolute Gasteiger partial charge is 0.245 e. The minimum absolute atomic E-state index is 0.113. The molecule has 1 amide bonds. The fourth-order valence-corrected chi connectivity index (χ4v) is 2.59. The van der Waals surface area contributed by atoms with E-state index in [2.05, 4.69) is 4.98 Å². The Bertz CT molecular complexity index is 631. The van der Waals surface area contributed by atoms with Gasteiger partial charge in [0, 0.05) is 13.6 Å². The Balaban J connectivity index is 2.19. The number of nitrogens with zero attached hydrogens (tertiary/aromatic N) is 3. The molecule has 3 rings (SSSR count). The van der Waals surface area contributed by atoms with Gasteiger partial charge in [0.2, 0.25) is 11.9 Å². The fraction of sp³-hybridized carbons (Fsp3) is 0.385. The van der Waals surface area contributed by atoms with Crippen molar-refractivity contribution in [1.82, 2.24) is 14.5 Å². The number of nitrogens with two attached hydrogens (primary N) is 1. The van der Waals surface area contributed by atoms with Gasteiger partial charge in [0.25, 0.3) is 0 Å². The van der Waals surface area contributed by atoms with Crippen LogP contribution in [0.4, 0.5) is 5.95 Å². The molecule has 0 spiro atoms. The van der Waals surface area contributed by atoms with Gasteiger partial charge in [-0.3, -0.25) is 9.36 Å². The van der Waals surface area contributed by atoms with E-state index < -0.39 is 0 Å². The van der Waals surface area contributed by atoms with Crippen molar-refractivity contribution in [2.24, 2.45) is 0 Å². The molecule has 2 heterocycles. The van der Waals surface area contributed by atoms with Crippen LogP contribution in [0.3, 0.4) is 0 Å². The average Bonchev–Trinajstić information content (AvgIpc) is 2.81. The fourth-order valence-electron chi connectivity index (χ4n) is 2.59. The summed E-state index contributed by atoms with van der Waals surface area (Å²) in [4.78, 5) is 18.2. The number of imidazole rings is 1. The predicted octanol–water partition coefficient (Wildman–Crippen LogP) is 1.33. The van der Waals surface area contributed by atoms with E-state index >= 15 is 0 Å². The molecule has 18 heavy (non-hydrogen) atoms. The first-order chi connectivity index (χ1) is 8.58. The van der Waals surface area contributed by atoms with Crippen molar-refractivity contribution in [1.29, 1.82) is 0 Å². The molecule has 1 unspecified atom stereocenters. The third-order valence-electron chi connectivity index (χ3n) is 3.58. The summed E-state index contributed by atoms with van der Waals surface area (Å²) in [5.74, 6) is 0.534. The van der Waals surface area contributed by atoms with Crippen LogP contribution >= 0.6 is 0 Å². The van der Waals surface area contributed by atoms with Gasteiger partial charge in [0.15, 0.2) is 0 Å². The maximum atomic E-state index is 12.1. The topological polar surface area (TPSA) is 64.2 Å². The zero-order chi connectivity index (χ0) is 12.9. The molecule has 0 aliphatic carbocycles. The summed E-state index contributed by atoms with van der Waals surface area (Å²) in [6.45, 7) is 2.80. The summed E-state index contributed by atoms with van der Waals surface area (Å²) in [5.41, 5.74) is 8.91. The Hall–Kier alpha value is -2.04. The molecule has 0 bridgehead atoms. The first-order valence-electron chi connectivity index (χ1n) is 6.07. The van der Waals surface area contributed by atoms with E-state index in [-0.39, 0.29) is 11.9 Å². The Morgan fingerprint density at radius 1 is 1.44 bits per heavy atom. The molecule has 1 fully saturated rings. The summed E-state index contributed by atoms with van der Waals surface area (Å²) >= 11 is 0. The molecule has 94 valence electrons. The highest BCUT2D eigenvalue weighted by molar-refractivity contribution is 5.87. The van der Waals surface area contributed by atoms with Crippen LogP contribution in [-0.4, -0.2) is 34.0 Å². The molecule has 2 aromatic rings. The van der Waals surface area contributed by atoms with Gasteiger partial charge in [0.05, 0.1) is 11.0 Å². The van der Waals surface area contributed by atoms with Crippen LogP contribution in [0, 0.1) is 6.92 Å². The highest BCUT2D eigenvalue weighted by Gasteiger charge is 2.32. The summed E-state index contributed by atoms with van der Waals surface area (Å²) in [7, 11) is 1.82. The number of aromatic nitrogens is 2. The van der Waals surface area contributed by atoms with E-state index in [0.717, 1.165) is 29.6 Å². The van der Waals surface area contributed by atoms with E-state index in [0.29, 0.717) is 5.95 Å². The lowest BCUT2D eigenvalue weighted by Crippen LogP contribution is -2.25. The third kappa shape index (κ3) is 1.47. The van der Waals surface area contributed by atoms with Gasteiger partial charge in [-0.2, -0.15) is 0 Å². The van der Waals surface area contributed by atoms with Crippen LogP contribution in [0.25, 0.3) is 11.0 Å². The van der Waals surface area contributed by atoms with Crippen LogP contribution in [0.1, 0.15) is 18.0 Å². The number of fused-ring (bicyclic) bond motifs is 1. The SMILES string of the molecule is Cc1ccc2nc(N)n(C3CCN(C)C3=O)c2c1. The summed E-state index contributed by atoms with van der Waals surface area (Å²) < 4.78 is 1.87. The molecule has 0 radical (unpaired) electrons. The van der Waals surface area contributed by atoms with Crippen molar-refractivity contribution in [2.45, 2.75) is 19.4 Å². The number of carbonyl (C=O) groups excluding carboxylic acids is 1. The molecule has 1 aliphatic heterocycles. The third-order valence-corrected chi connectivity index (χ3v) is 3.58. The van der Waals surface area contributed by atoms with Crippen LogP contribution in [0.15, 0.2) is 18.2 Å². The maximum Gasteiger partial charge on any atom is 0.245 e. The number of likely N-dealkylation sites (tertiary alicyclic amines) is 1. The van der Waals surface area contributed by atoms with E-state index in [1.165, 1.54) is 0 Å². The number of aryl methyl sites for hydroxylation is 1. The lowest BCUT2D eigenvalue weighted by atomic mass is 10.2. The molecule has 5 nitrogen and oxygen atoms in total. The second-order valence-corrected chi connectivity index (χ2v) is 4.90. The van der Waals surface area contributed by atoms with Crippen molar-refractivity contribution >= 4 is 22.9 Å². The van der Waals surface area contributed by atoms with Crippen LogP contribution in [0.2, 0.25) is 0 Å². The Labute approximate surface area is 105 Å². The number of carbonyl (C=O) groups is 1. The van der Waals surface area contributed by atoms with Crippen molar-refractivity contribution in [3.05, 3.63) is 23.8 Å². The van der Waals surface area contributed by atoms with Gasteiger partial charge in [-0.15, -0.1) is 0 Å². The Morgan fingerprint density at radius 3 is 2.89 bits per heavy atom. The molecule has 1 atom stereocenters. The number of likely N-dealkylation sites (N-methyl/N-ethyl adjacent to an activating group) is 1. The van der Waals surface area contributed by atoms with Crippen molar-refractivity contribution in [3.63, 3.8) is 0 Å². The predicted molar refractivity (Wildman–Crippen MR) is 70.2 cm³/mol. The molecule has 0 saturated carbocycles. The quantitative estimate of drug-likeness (QED) is 0.823. The summed E-state index contributed by atoms with van der Waals surface area (Å²) in [5, 5.41) is 0. The number of rotatable bonds is 1. The van der Waals surface area contributed by atoms with E-state index in [9.17, 15) is 4.79 Å². The molecule has 1 aliphatic rings. The van der Waals surface area contributed by atoms with Crippen LogP contribution in [0.5, 0.6) is 0 Å². The lowest BCUT2D eigenvalue weighted by Gasteiger charge is -2.14. The van der Waals surface area contributed by atoms with Gasteiger partial charge < -0.3 is 10.6 Å². The van der Waals surface area contributed by atoms with Gasteiger partial charge >= 0.3 is 0 Å². The zero-order valence-electron chi connectivity index (χ0n) is 10.6. The van der Waals surface area contributed by atoms with E-state index in [1.807, 2.05) is 36.7 Å². The Kier molecular flexibility index (Phi) is 2.29. The highest BCUT2D eigenvalue weighted by Crippen LogP contribution is 2.29. The van der Waals surface area contributed by atoms with Crippen molar-refractivity contribution < 1.29 is 4.79 Å². The first-order valence-corrected chi connectivity index (χ1v) is 6.07. The van der Waals surface area contributed by atoms with Gasteiger partial charge in [-0.25, -0.2) is 4.98 Å². The summed E-state index contributed by atoms with van der Waals surface area (Å²) in [6.07, 6.45) is 0.791. The monoisotopic (exact) mass is 244 g/mol. The number of nitrogen functional groups attached to an aromatic ring is 1. The maximum absolute atomic E-state index is 12.1. The zero-order valence-corrected chi connectivity index (χ0v) is 10.6. The second kappa shape index (κ2) is 3.73. The van der Waals surface area contributed by atoms with Crippen LogP contribution < -0.4 is 5.73 Å². The average molecular weight is 244 g/mol. The Morgan fingerprint density at radius 2 is 2.22 bits per heavy atom. The number of benzene rings is 1. The number of hydrogen-bond donors (Lipinski definition) is 1. The molecule has 1 saturated heterocycles. The molecular formula is C13H16N4O. The van der Waals surface area contributed by atoms with Crippen molar-refractivity contribution in [3.8, 4) is 0 Å². The number of hydrogen-bond acceptors (Lipinski definition) is 3. The number of amides is 1. The van der Waals surface area contributed by atoms with Gasteiger partial charge in [-0.1, -0.05) is 6.07 Å². The largest absolute Gasteiger partial charge is 0.369 e.